The van der Waals surface area contributed by atoms with Crippen molar-refractivity contribution in [3.8, 4) is 0 Å². The van der Waals surface area contributed by atoms with Crippen LogP contribution < -0.4 is 0 Å². The van der Waals surface area contributed by atoms with Gasteiger partial charge in [-0.2, -0.15) is 0 Å². The fourth-order valence-electron chi connectivity index (χ4n) is 1.22. The zero-order valence-electron chi connectivity index (χ0n) is 8.23. The van der Waals surface area contributed by atoms with Crippen molar-refractivity contribution in [2.75, 3.05) is 0 Å². The SMILES string of the molecule is O=C(O)CC(CC(=O)O)(C(=O)O)C(O)S(=O)[O-]. The van der Waals surface area contributed by atoms with Crippen LogP contribution in [0.25, 0.3) is 0 Å². The first-order valence-corrected chi connectivity index (χ1v) is 5.20. The van der Waals surface area contributed by atoms with Crippen molar-refractivity contribution in [1.29, 1.82) is 0 Å². The highest BCUT2D eigenvalue weighted by Gasteiger charge is 2.50. The third-order valence-electron chi connectivity index (χ3n) is 2.01. The highest BCUT2D eigenvalue weighted by atomic mass is 32.2. The molecule has 0 bridgehead atoms. The lowest BCUT2D eigenvalue weighted by Crippen LogP contribution is -2.47. The molecule has 0 aliphatic rings. The van der Waals surface area contributed by atoms with E-state index in [1.54, 1.807) is 0 Å². The van der Waals surface area contributed by atoms with E-state index in [9.17, 15) is 28.3 Å². The Bertz CT molecular complexity index is 346. The van der Waals surface area contributed by atoms with Gasteiger partial charge in [-0.3, -0.25) is 18.6 Å². The molecule has 0 aromatic carbocycles. The summed E-state index contributed by atoms with van der Waals surface area (Å²) in [5, 5.41) is 34.9. The summed E-state index contributed by atoms with van der Waals surface area (Å²) in [6.45, 7) is 0. The van der Waals surface area contributed by atoms with Crippen LogP contribution in [0.1, 0.15) is 12.8 Å². The molecule has 0 spiro atoms. The lowest BCUT2D eigenvalue weighted by Gasteiger charge is -2.32. The van der Waals surface area contributed by atoms with Crippen LogP contribution in [0.4, 0.5) is 0 Å². The fraction of sp³-hybridized carbons (Fsp3) is 0.571. The fourth-order valence-corrected chi connectivity index (χ4v) is 1.85. The van der Waals surface area contributed by atoms with Crippen molar-refractivity contribution in [1.82, 2.24) is 0 Å². The van der Waals surface area contributed by atoms with Crippen molar-refractivity contribution in [3.05, 3.63) is 0 Å². The van der Waals surface area contributed by atoms with Crippen LogP contribution in [-0.2, 0) is 25.5 Å². The molecule has 0 saturated carbocycles. The van der Waals surface area contributed by atoms with Crippen LogP contribution in [-0.4, -0.2) is 52.5 Å². The summed E-state index contributed by atoms with van der Waals surface area (Å²) >= 11 is -3.34. The van der Waals surface area contributed by atoms with Crippen LogP contribution >= 0.6 is 0 Å². The minimum atomic E-state index is -3.34. The van der Waals surface area contributed by atoms with E-state index in [2.05, 4.69) is 0 Å². The number of aliphatic hydroxyl groups excluding tert-OH is 1. The molecule has 0 aromatic heterocycles. The van der Waals surface area contributed by atoms with Crippen LogP contribution in [0, 0.1) is 5.41 Å². The summed E-state index contributed by atoms with van der Waals surface area (Å²) in [5.41, 5.74) is -5.45. The minimum Gasteiger partial charge on any atom is -0.770 e. The van der Waals surface area contributed by atoms with Gasteiger partial charge in [-0.05, 0) is 11.1 Å². The monoisotopic (exact) mass is 269 g/mol. The summed E-state index contributed by atoms with van der Waals surface area (Å²) in [7, 11) is 0. The Labute approximate surface area is 97.0 Å². The highest BCUT2D eigenvalue weighted by molar-refractivity contribution is 7.79. The molecule has 0 rings (SSSR count). The average Bonchev–Trinajstić information content (AvgIpc) is 2.13. The molecule has 0 amide bonds. The van der Waals surface area contributed by atoms with Crippen LogP contribution in [0.15, 0.2) is 0 Å². The Balaban J connectivity index is 5.53. The lowest BCUT2D eigenvalue weighted by molar-refractivity contribution is -0.165. The third kappa shape index (κ3) is 3.76. The molecule has 0 aromatic rings. The number of carboxylic acid groups (broad SMARTS) is 3. The van der Waals surface area contributed by atoms with Gasteiger partial charge in [-0.25, -0.2) is 0 Å². The molecule has 0 saturated heterocycles. The van der Waals surface area contributed by atoms with E-state index < -0.39 is 52.7 Å². The standard InChI is InChI=1S/C7H10O9S/c8-3(9)1-7(5(12)13,2-4(10)11)6(14)17(15)16/h6,14H,1-2H2,(H,8,9)(H,10,11)(H,12,13)(H,15,16)/p-1. The van der Waals surface area contributed by atoms with E-state index >= 15 is 0 Å². The molecule has 98 valence electrons. The van der Waals surface area contributed by atoms with Crippen molar-refractivity contribution in [3.63, 3.8) is 0 Å². The number of hydrogen-bond donors (Lipinski definition) is 4. The summed E-state index contributed by atoms with van der Waals surface area (Å²) in [4.78, 5) is 31.8. The number of aliphatic carboxylic acids is 3. The molecule has 9 nitrogen and oxygen atoms in total. The van der Waals surface area contributed by atoms with Gasteiger partial charge in [0.1, 0.15) is 10.9 Å². The second kappa shape index (κ2) is 5.70. The van der Waals surface area contributed by atoms with Gasteiger partial charge < -0.3 is 25.0 Å². The van der Waals surface area contributed by atoms with Gasteiger partial charge >= 0.3 is 17.9 Å². The molecule has 2 atom stereocenters. The number of aliphatic hydroxyl groups is 1. The molecule has 0 aliphatic heterocycles. The lowest BCUT2D eigenvalue weighted by atomic mass is 9.81. The topological polar surface area (TPSA) is 172 Å². The third-order valence-corrected chi connectivity index (χ3v) is 2.83. The van der Waals surface area contributed by atoms with Gasteiger partial charge in [-0.1, -0.05) is 0 Å². The van der Waals surface area contributed by atoms with E-state index in [1.807, 2.05) is 0 Å². The smallest absolute Gasteiger partial charge is 0.314 e. The predicted molar refractivity (Wildman–Crippen MR) is 49.5 cm³/mol. The zero-order chi connectivity index (χ0) is 13.8. The number of rotatable bonds is 7. The van der Waals surface area contributed by atoms with Gasteiger partial charge in [-0.15, -0.1) is 0 Å². The minimum absolute atomic E-state index is 1.33. The Morgan fingerprint density at radius 1 is 1.12 bits per heavy atom. The Morgan fingerprint density at radius 2 is 1.47 bits per heavy atom. The van der Waals surface area contributed by atoms with E-state index in [0.29, 0.717) is 0 Å². The molecule has 4 N–H and O–H groups in total. The van der Waals surface area contributed by atoms with E-state index in [4.69, 9.17) is 15.3 Å². The average molecular weight is 269 g/mol. The molecular formula is C7H9O9S-. The maximum absolute atomic E-state index is 10.9. The second-order valence-corrected chi connectivity index (χ2v) is 4.18. The number of carboxylic acids is 3. The van der Waals surface area contributed by atoms with Crippen LogP contribution in [0.2, 0.25) is 0 Å². The van der Waals surface area contributed by atoms with E-state index in [0.717, 1.165) is 0 Å². The predicted octanol–water partition coefficient (Wildman–Crippen LogP) is -1.80. The van der Waals surface area contributed by atoms with Gasteiger partial charge in [0.25, 0.3) is 0 Å². The largest absolute Gasteiger partial charge is 0.770 e. The number of carbonyl (C=O) groups is 3. The van der Waals surface area contributed by atoms with Crippen molar-refractivity contribution < 1.29 is 43.6 Å². The Morgan fingerprint density at radius 3 is 1.65 bits per heavy atom. The van der Waals surface area contributed by atoms with E-state index in [-0.39, 0.29) is 0 Å². The van der Waals surface area contributed by atoms with Gasteiger partial charge in [0, 0.05) is 0 Å². The Hall–Kier alpha value is -1.52. The Kier molecular flexibility index (Phi) is 5.19. The molecule has 0 aliphatic carbocycles. The van der Waals surface area contributed by atoms with Crippen LogP contribution in [0.5, 0.6) is 0 Å². The van der Waals surface area contributed by atoms with Gasteiger partial charge in [0.05, 0.1) is 12.8 Å². The van der Waals surface area contributed by atoms with E-state index in [1.165, 1.54) is 0 Å². The molecule has 10 heteroatoms. The molecule has 17 heavy (non-hydrogen) atoms. The van der Waals surface area contributed by atoms with Gasteiger partial charge in [0.2, 0.25) is 0 Å². The summed E-state index contributed by atoms with van der Waals surface area (Å²) in [5.74, 6) is -5.49. The first-order valence-electron chi connectivity index (χ1n) is 4.06. The molecule has 0 heterocycles. The summed E-state index contributed by atoms with van der Waals surface area (Å²) in [6, 6.07) is 0. The second-order valence-electron chi connectivity index (χ2n) is 3.22. The summed E-state index contributed by atoms with van der Waals surface area (Å²) < 4.78 is 21.0. The first-order chi connectivity index (χ1) is 7.63. The quantitative estimate of drug-likeness (QED) is 0.389. The number of hydrogen-bond acceptors (Lipinski definition) is 6. The molecule has 2 unspecified atom stereocenters. The zero-order valence-corrected chi connectivity index (χ0v) is 9.05. The van der Waals surface area contributed by atoms with Crippen molar-refractivity contribution in [2.45, 2.75) is 18.3 Å². The first kappa shape index (κ1) is 15.5. The maximum Gasteiger partial charge on any atom is 0.314 e. The van der Waals surface area contributed by atoms with Crippen molar-refractivity contribution in [2.24, 2.45) is 5.41 Å². The normalized spacial score (nSPS) is 14.9. The van der Waals surface area contributed by atoms with Gasteiger partial charge in [0.15, 0.2) is 0 Å². The van der Waals surface area contributed by atoms with Crippen molar-refractivity contribution >= 4 is 29.0 Å². The highest BCUT2D eigenvalue weighted by Crippen LogP contribution is 2.33. The molecular weight excluding hydrogens is 260 g/mol. The summed E-state index contributed by atoms with van der Waals surface area (Å²) in [6.07, 6.45) is -2.66. The van der Waals surface area contributed by atoms with Crippen LogP contribution in [0.3, 0.4) is 0 Å². The molecule has 0 fully saturated rings. The maximum atomic E-state index is 10.9. The molecule has 0 radical (unpaired) electrons.